The molecule has 20 heavy (non-hydrogen) atoms. The highest BCUT2D eigenvalue weighted by molar-refractivity contribution is 7.99. The van der Waals surface area contributed by atoms with E-state index in [1.165, 1.54) is 13.8 Å². The van der Waals surface area contributed by atoms with E-state index in [0.717, 1.165) is 15.5 Å². The zero-order valence-corrected chi connectivity index (χ0v) is 12.0. The van der Waals surface area contributed by atoms with Crippen molar-refractivity contribution in [2.24, 2.45) is 0 Å². The summed E-state index contributed by atoms with van der Waals surface area (Å²) in [6, 6.07) is 11.1. The summed E-state index contributed by atoms with van der Waals surface area (Å²) in [5.41, 5.74) is 1.24. The highest BCUT2D eigenvalue weighted by atomic mass is 32.2. The normalized spacial score (nSPS) is 10.1. The van der Waals surface area contributed by atoms with Crippen LogP contribution in [0.25, 0.3) is 0 Å². The third-order valence-electron chi connectivity index (χ3n) is 2.51. The molecule has 0 radical (unpaired) electrons. The van der Waals surface area contributed by atoms with Gasteiger partial charge in [-0.05, 0) is 36.4 Å². The number of carbonyl (C=O) groups excluding carboxylic acids is 2. The average Bonchev–Trinajstić information content (AvgIpc) is 2.41. The maximum atomic E-state index is 11.1. The minimum atomic E-state index is -0.0885. The number of ketones is 1. The molecule has 0 fully saturated rings. The van der Waals surface area contributed by atoms with Gasteiger partial charge in [0.25, 0.3) is 0 Å². The second kappa shape index (κ2) is 6.34. The van der Waals surface area contributed by atoms with Gasteiger partial charge in [0.15, 0.2) is 5.78 Å². The Labute approximate surface area is 121 Å². The van der Waals surface area contributed by atoms with E-state index in [1.807, 2.05) is 30.3 Å². The fraction of sp³-hybridized carbons (Fsp3) is 0.133. The molecule has 1 aromatic carbocycles. The molecule has 0 saturated carbocycles. The third-order valence-corrected chi connectivity index (χ3v) is 3.49. The molecule has 1 aromatic heterocycles. The van der Waals surface area contributed by atoms with Crippen molar-refractivity contribution in [3.05, 3.63) is 48.3 Å². The number of rotatable bonds is 4. The van der Waals surface area contributed by atoms with E-state index in [2.05, 4.69) is 10.3 Å². The molecule has 0 aliphatic carbocycles. The smallest absolute Gasteiger partial charge is 0.221 e. The number of Topliss-reactive ketones (excluding diaryl/α,β-unsaturated/α-hetero) is 1. The number of amides is 1. The minimum Gasteiger partial charge on any atom is -0.326 e. The Hall–Kier alpha value is -2.14. The van der Waals surface area contributed by atoms with Crippen molar-refractivity contribution < 1.29 is 9.59 Å². The summed E-state index contributed by atoms with van der Waals surface area (Å²) in [5, 5.41) is 2.72. The number of carbonyl (C=O) groups is 2. The van der Waals surface area contributed by atoms with Crippen LogP contribution in [-0.4, -0.2) is 16.7 Å². The van der Waals surface area contributed by atoms with Crippen molar-refractivity contribution in [1.29, 1.82) is 0 Å². The summed E-state index contributed by atoms with van der Waals surface area (Å²) >= 11 is 1.55. The molecule has 1 N–H and O–H groups in total. The molecule has 4 nitrogen and oxygen atoms in total. The van der Waals surface area contributed by atoms with Crippen LogP contribution < -0.4 is 5.32 Å². The second-order valence-corrected chi connectivity index (χ2v) is 5.39. The number of hydrogen-bond acceptors (Lipinski definition) is 4. The van der Waals surface area contributed by atoms with Gasteiger partial charge in [-0.3, -0.25) is 14.6 Å². The molecule has 0 atom stereocenters. The number of aromatic nitrogens is 1. The zero-order valence-electron chi connectivity index (χ0n) is 11.2. The molecule has 0 spiro atoms. The van der Waals surface area contributed by atoms with Gasteiger partial charge < -0.3 is 5.32 Å². The molecule has 0 unspecified atom stereocenters. The van der Waals surface area contributed by atoms with Gasteiger partial charge in [-0.2, -0.15) is 0 Å². The molecule has 0 saturated heterocycles. The van der Waals surface area contributed by atoms with Gasteiger partial charge in [-0.15, -0.1) is 0 Å². The predicted molar refractivity (Wildman–Crippen MR) is 79.1 cm³/mol. The van der Waals surface area contributed by atoms with Crippen molar-refractivity contribution in [2.45, 2.75) is 23.6 Å². The summed E-state index contributed by atoms with van der Waals surface area (Å²) in [4.78, 5) is 28.2. The van der Waals surface area contributed by atoms with E-state index < -0.39 is 0 Å². The van der Waals surface area contributed by atoms with Gasteiger partial charge in [0.05, 0.1) is 0 Å². The van der Waals surface area contributed by atoms with Crippen LogP contribution in [0.3, 0.4) is 0 Å². The van der Waals surface area contributed by atoms with E-state index in [9.17, 15) is 9.59 Å². The second-order valence-electron chi connectivity index (χ2n) is 4.24. The standard InChI is InChI=1S/C15H14N2O2S/c1-10(18)15-8-7-14(9-16-15)20-13-5-3-12(4-6-13)17-11(2)19/h3-9H,1-2H3,(H,17,19). The van der Waals surface area contributed by atoms with Crippen molar-refractivity contribution >= 4 is 29.1 Å². The monoisotopic (exact) mass is 286 g/mol. The highest BCUT2D eigenvalue weighted by Crippen LogP contribution is 2.28. The topological polar surface area (TPSA) is 59.1 Å². The Morgan fingerprint density at radius 2 is 1.65 bits per heavy atom. The quantitative estimate of drug-likeness (QED) is 0.875. The number of anilines is 1. The molecule has 2 aromatic rings. The van der Waals surface area contributed by atoms with E-state index in [-0.39, 0.29) is 11.7 Å². The highest BCUT2D eigenvalue weighted by Gasteiger charge is 2.03. The lowest BCUT2D eigenvalue weighted by atomic mass is 10.3. The number of nitrogens with zero attached hydrogens (tertiary/aromatic N) is 1. The van der Waals surface area contributed by atoms with Gasteiger partial charge in [0, 0.05) is 35.5 Å². The van der Waals surface area contributed by atoms with E-state index >= 15 is 0 Å². The van der Waals surface area contributed by atoms with Crippen LogP contribution in [0.4, 0.5) is 5.69 Å². The van der Waals surface area contributed by atoms with Gasteiger partial charge in [-0.25, -0.2) is 0 Å². The Balaban J connectivity index is 2.06. The molecular weight excluding hydrogens is 272 g/mol. The van der Waals surface area contributed by atoms with Crippen LogP contribution in [0.5, 0.6) is 0 Å². The fourth-order valence-electron chi connectivity index (χ4n) is 1.59. The summed E-state index contributed by atoms with van der Waals surface area (Å²) in [7, 11) is 0. The molecule has 1 amide bonds. The van der Waals surface area contributed by atoms with Crippen molar-refractivity contribution in [3.63, 3.8) is 0 Å². The summed E-state index contributed by atoms with van der Waals surface area (Å²) in [5.74, 6) is -0.129. The molecule has 102 valence electrons. The lowest BCUT2D eigenvalue weighted by molar-refractivity contribution is -0.114. The largest absolute Gasteiger partial charge is 0.326 e. The summed E-state index contributed by atoms with van der Waals surface area (Å²) in [6.45, 7) is 2.97. The molecule has 0 bridgehead atoms. The first kappa shape index (κ1) is 14.3. The first-order valence-corrected chi connectivity index (χ1v) is 6.89. The van der Waals surface area contributed by atoms with Gasteiger partial charge in [0.1, 0.15) is 5.69 Å². The number of hydrogen-bond donors (Lipinski definition) is 1. The zero-order chi connectivity index (χ0) is 14.5. The van der Waals surface area contributed by atoms with Gasteiger partial charge in [-0.1, -0.05) is 11.8 Å². The molecule has 0 aliphatic heterocycles. The lowest BCUT2D eigenvalue weighted by Crippen LogP contribution is -2.05. The molecule has 2 rings (SSSR count). The predicted octanol–water partition coefficient (Wildman–Crippen LogP) is 3.39. The van der Waals surface area contributed by atoms with Crippen molar-refractivity contribution in [2.75, 3.05) is 5.32 Å². The fourth-order valence-corrected chi connectivity index (χ4v) is 2.38. The van der Waals surface area contributed by atoms with Crippen molar-refractivity contribution in [3.8, 4) is 0 Å². The van der Waals surface area contributed by atoms with E-state index in [0.29, 0.717) is 5.69 Å². The first-order valence-electron chi connectivity index (χ1n) is 6.07. The number of pyridine rings is 1. The van der Waals surface area contributed by atoms with Crippen LogP contribution in [0.1, 0.15) is 24.3 Å². The number of nitrogens with one attached hydrogen (secondary N) is 1. The van der Waals surface area contributed by atoms with Crippen LogP contribution in [0.15, 0.2) is 52.4 Å². The SMILES string of the molecule is CC(=O)Nc1ccc(Sc2ccc(C(C)=O)nc2)cc1. The number of benzene rings is 1. The Morgan fingerprint density at radius 3 is 2.15 bits per heavy atom. The third kappa shape index (κ3) is 3.93. The maximum Gasteiger partial charge on any atom is 0.221 e. The van der Waals surface area contributed by atoms with Crippen LogP contribution in [-0.2, 0) is 4.79 Å². The molecule has 0 aliphatic rings. The first-order chi connectivity index (χ1) is 9.54. The van der Waals surface area contributed by atoms with Crippen LogP contribution in [0, 0.1) is 0 Å². The Bertz CT molecular complexity index is 621. The summed E-state index contributed by atoms with van der Waals surface area (Å²) < 4.78 is 0. The Kier molecular flexibility index (Phi) is 4.53. The summed E-state index contributed by atoms with van der Waals surface area (Å²) in [6.07, 6.45) is 1.68. The van der Waals surface area contributed by atoms with Crippen molar-refractivity contribution in [1.82, 2.24) is 4.98 Å². The van der Waals surface area contributed by atoms with Gasteiger partial charge in [0.2, 0.25) is 5.91 Å². The lowest BCUT2D eigenvalue weighted by Gasteiger charge is -2.05. The van der Waals surface area contributed by atoms with Crippen LogP contribution in [0.2, 0.25) is 0 Å². The molecule has 1 heterocycles. The van der Waals surface area contributed by atoms with Crippen LogP contribution >= 0.6 is 11.8 Å². The minimum absolute atomic E-state index is 0.0405. The molecular formula is C15H14N2O2S. The molecule has 5 heteroatoms. The van der Waals surface area contributed by atoms with Gasteiger partial charge >= 0.3 is 0 Å². The Morgan fingerprint density at radius 1 is 1.00 bits per heavy atom. The average molecular weight is 286 g/mol. The van der Waals surface area contributed by atoms with E-state index in [4.69, 9.17) is 0 Å². The maximum absolute atomic E-state index is 11.1. The van der Waals surface area contributed by atoms with E-state index in [1.54, 1.807) is 24.0 Å².